The first-order chi connectivity index (χ1) is 7.88. The number of nitrogens with zero attached hydrogens (tertiary/aromatic N) is 3. The number of aromatic nitrogens is 3. The second-order valence-corrected chi connectivity index (χ2v) is 4.59. The summed E-state index contributed by atoms with van der Waals surface area (Å²) in [5, 5.41) is 10.9. The highest BCUT2D eigenvalue weighted by Crippen LogP contribution is 2.06. The van der Waals surface area contributed by atoms with E-state index >= 15 is 0 Å². The fourth-order valence-corrected chi connectivity index (χ4v) is 2.06. The first-order valence-corrected chi connectivity index (χ1v) is 6.38. The number of nitrogens with one attached hydrogen (secondary N) is 1. The van der Waals surface area contributed by atoms with Crippen LogP contribution in [0.25, 0.3) is 0 Å². The van der Waals surface area contributed by atoms with Crippen molar-refractivity contribution in [1.29, 1.82) is 0 Å². The van der Waals surface area contributed by atoms with Crippen LogP contribution < -0.4 is 5.32 Å². The lowest BCUT2D eigenvalue weighted by molar-refractivity contribution is 0.627. The molecule has 0 spiro atoms. The molecule has 0 radical (unpaired) electrons. The van der Waals surface area contributed by atoms with Crippen LogP contribution in [0.3, 0.4) is 0 Å². The summed E-state index contributed by atoms with van der Waals surface area (Å²) >= 11 is 1.66. The van der Waals surface area contributed by atoms with Gasteiger partial charge in [-0.05, 0) is 19.0 Å². The number of hydrogen-bond donors (Lipinski definition) is 1. The Labute approximate surface area is 99.3 Å². The lowest BCUT2D eigenvalue weighted by Crippen LogP contribution is -2.14. The van der Waals surface area contributed by atoms with Gasteiger partial charge in [0, 0.05) is 24.3 Å². The van der Waals surface area contributed by atoms with E-state index in [2.05, 4.69) is 28.4 Å². The lowest BCUT2D eigenvalue weighted by Gasteiger charge is -1.99. The van der Waals surface area contributed by atoms with Crippen molar-refractivity contribution in [1.82, 2.24) is 20.1 Å². The molecule has 0 aliphatic rings. The van der Waals surface area contributed by atoms with E-state index < -0.39 is 0 Å². The molecule has 0 fully saturated rings. The lowest BCUT2D eigenvalue weighted by atomic mass is 10.4. The van der Waals surface area contributed by atoms with Gasteiger partial charge in [-0.2, -0.15) is 5.10 Å². The minimum atomic E-state index is 0.769. The van der Waals surface area contributed by atoms with Crippen molar-refractivity contribution in [3.8, 4) is 0 Å². The number of rotatable bonds is 6. The van der Waals surface area contributed by atoms with Crippen LogP contribution in [0.4, 0.5) is 0 Å². The molecule has 0 amide bonds. The highest BCUT2D eigenvalue weighted by Gasteiger charge is 2.00. The molecular formula is C11H16N4S. The van der Waals surface area contributed by atoms with Gasteiger partial charge in [0.15, 0.2) is 0 Å². The van der Waals surface area contributed by atoms with Crippen LogP contribution in [-0.2, 0) is 13.1 Å². The van der Waals surface area contributed by atoms with E-state index in [0.717, 1.165) is 36.8 Å². The van der Waals surface area contributed by atoms with Gasteiger partial charge in [0.2, 0.25) is 0 Å². The third kappa shape index (κ3) is 3.15. The Morgan fingerprint density at radius 3 is 3.19 bits per heavy atom. The van der Waals surface area contributed by atoms with E-state index in [4.69, 9.17) is 0 Å². The first kappa shape index (κ1) is 11.3. The molecule has 86 valence electrons. The van der Waals surface area contributed by atoms with Crippen molar-refractivity contribution in [3.63, 3.8) is 0 Å². The highest BCUT2D eigenvalue weighted by molar-refractivity contribution is 7.09. The van der Waals surface area contributed by atoms with Gasteiger partial charge in [-0.1, -0.05) is 6.92 Å². The van der Waals surface area contributed by atoms with E-state index in [0.29, 0.717) is 0 Å². The van der Waals surface area contributed by atoms with Crippen LogP contribution in [0.5, 0.6) is 0 Å². The van der Waals surface area contributed by atoms with E-state index in [1.807, 2.05) is 22.5 Å². The molecule has 1 N–H and O–H groups in total. The predicted octanol–water partition coefficient (Wildman–Crippen LogP) is 1.89. The summed E-state index contributed by atoms with van der Waals surface area (Å²) in [5.41, 5.74) is 1.09. The summed E-state index contributed by atoms with van der Waals surface area (Å²) in [6.45, 7) is 4.82. The summed E-state index contributed by atoms with van der Waals surface area (Å²) in [7, 11) is 0. The monoisotopic (exact) mass is 236 g/mol. The van der Waals surface area contributed by atoms with Gasteiger partial charge in [-0.15, -0.1) is 11.3 Å². The van der Waals surface area contributed by atoms with Gasteiger partial charge in [-0.3, -0.25) is 4.68 Å². The van der Waals surface area contributed by atoms with Crippen LogP contribution in [0, 0.1) is 0 Å². The molecule has 0 aliphatic heterocycles. The molecule has 0 bridgehead atoms. The van der Waals surface area contributed by atoms with Crippen LogP contribution in [0.1, 0.15) is 24.0 Å². The zero-order chi connectivity index (χ0) is 11.2. The third-order valence-corrected chi connectivity index (χ3v) is 2.97. The van der Waals surface area contributed by atoms with Crippen molar-refractivity contribution >= 4 is 11.3 Å². The summed E-state index contributed by atoms with van der Waals surface area (Å²) in [4.78, 5) is 4.24. The first-order valence-electron chi connectivity index (χ1n) is 5.50. The smallest absolute Gasteiger partial charge is 0.114 e. The highest BCUT2D eigenvalue weighted by atomic mass is 32.1. The zero-order valence-electron chi connectivity index (χ0n) is 9.39. The summed E-state index contributed by atoms with van der Waals surface area (Å²) in [6, 6.07) is 2.05. The van der Waals surface area contributed by atoms with Gasteiger partial charge < -0.3 is 5.32 Å². The molecule has 0 saturated carbocycles. The van der Waals surface area contributed by atoms with Crippen LogP contribution >= 0.6 is 11.3 Å². The standard InChI is InChI=1S/C11H16N4S/c1-2-4-12-8-10-3-6-15(14-10)9-11-13-5-7-16-11/h3,5-7,12H,2,4,8-9H2,1H3. The minimum absolute atomic E-state index is 0.769. The molecule has 0 unspecified atom stereocenters. The Hall–Kier alpha value is -1.20. The molecule has 0 aromatic carbocycles. The maximum atomic E-state index is 4.48. The van der Waals surface area contributed by atoms with E-state index in [1.165, 1.54) is 0 Å². The van der Waals surface area contributed by atoms with Gasteiger partial charge in [0.05, 0.1) is 12.2 Å². The quantitative estimate of drug-likeness (QED) is 0.779. The van der Waals surface area contributed by atoms with Crippen molar-refractivity contribution < 1.29 is 0 Å². The van der Waals surface area contributed by atoms with Crippen molar-refractivity contribution in [2.75, 3.05) is 6.54 Å². The average molecular weight is 236 g/mol. The molecule has 16 heavy (non-hydrogen) atoms. The largest absolute Gasteiger partial charge is 0.311 e. The molecular weight excluding hydrogens is 220 g/mol. The summed E-state index contributed by atoms with van der Waals surface area (Å²) in [6.07, 6.45) is 4.98. The van der Waals surface area contributed by atoms with E-state index in [1.54, 1.807) is 11.3 Å². The fraction of sp³-hybridized carbons (Fsp3) is 0.455. The Kier molecular flexibility index (Phi) is 4.07. The van der Waals surface area contributed by atoms with Crippen molar-refractivity contribution in [2.24, 2.45) is 0 Å². The predicted molar refractivity (Wildman–Crippen MR) is 65.4 cm³/mol. The molecule has 0 aliphatic carbocycles. The van der Waals surface area contributed by atoms with E-state index in [9.17, 15) is 0 Å². The molecule has 2 aromatic rings. The fourth-order valence-electron chi connectivity index (χ4n) is 1.45. The Morgan fingerprint density at radius 2 is 2.44 bits per heavy atom. The van der Waals surface area contributed by atoms with Crippen LogP contribution in [-0.4, -0.2) is 21.3 Å². The Bertz CT molecular complexity index is 407. The molecule has 0 atom stereocenters. The summed E-state index contributed by atoms with van der Waals surface area (Å²) < 4.78 is 1.93. The molecule has 2 rings (SSSR count). The van der Waals surface area contributed by atoms with E-state index in [-0.39, 0.29) is 0 Å². The topological polar surface area (TPSA) is 42.7 Å². The SMILES string of the molecule is CCCNCc1ccn(Cc2nccs2)n1. The maximum absolute atomic E-state index is 4.48. The molecule has 2 aromatic heterocycles. The molecule has 0 saturated heterocycles. The number of thiazole rings is 1. The maximum Gasteiger partial charge on any atom is 0.114 e. The summed E-state index contributed by atoms with van der Waals surface area (Å²) in [5.74, 6) is 0. The van der Waals surface area contributed by atoms with Crippen molar-refractivity contribution in [3.05, 3.63) is 34.5 Å². The van der Waals surface area contributed by atoms with Crippen LogP contribution in [0.15, 0.2) is 23.8 Å². The Morgan fingerprint density at radius 1 is 1.50 bits per heavy atom. The van der Waals surface area contributed by atoms with Gasteiger partial charge >= 0.3 is 0 Å². The normalized spacial score (nSPS) is 10.8. The third-order valence-electron chi connectivity index (χ3n) is 2.21. The average Bonchev–Trinajstić information content (AvgIpc) is 2.91. The van der Waals surface area contributed by atoms with Gasteiger partial charge in [0.1, 0.15) is 5.01 Å². The Balaban J connectivity index is 1.87. The molecule has 2 heterocycles. The second-order valence-electron chi connectivity index (χ2n) is 3.61. The zero-order valence-corrected chi connectivity index (χ0v) is 10.2. The second kappa shape index (κ2) is 5.77. The van der Waals surface area contributed by atoms with Crippen LogP contribution in [0.2, 0.25) is 0 Å². The van der Waals surface area contributed by atoms with Gasteiger partial charge in [-0.25, -0.2) is 4.98 Å². The number of hydrogen-bond acceptors (Lipinski definition) is 4. The molecule has 4 nitrogen and oxygen atoms in total. The minimum Gasteiger partial charge on any atom is -0.311 e. The molecule has 5 heteroatoms. The van der Waals surface area contributed by atoms with Crippen molar-refractivity contribution in [2.45, 2.75) is 26.4 Å². The van der Waals surface area contributed by atoms with Gasteiger partial charge in [0.25, 0.3) is 0 Å².